The molecule has 0 heterocycles. The highest BCUT2D eigenvalue weighted by Crippen LogP contribution is 2.33. The Bertz CT molecular complexity index is 482. The van der Waals surface area contributed by atoms with E-state index in [-0.39, 0.29) is 22.7 Å². The summed E-state index contributed by atoms with van der Waals surface area (Å²) >= 11 is 0. The molecule has 7 nitrogen and oxygen atoms in total. The van der Waals surface area contributed by atoms with E-state index in [9.17, 15) is 14.9 Å². The van der Waals surface area contributed by atoms with E-state index in [1.165, 1.54) is 19.1 Å². The highest BCUT2D eigenvalue weighted by Gasteiger charge is 2.19. The Hall–Kier alpha value is -2.40. The third kappa shape index (κ3) is 2.15. The van der Waals surface area contributed by atoms with Crippen LogP contribution in [0.1, 0.15) is 22.8 Å². The summed E-state index contributed by atoms with van der Waals surface area (Å²) in [7, 11) is 0. The molecule has 16 heavy (non-hydrogen) atoms. The molecular weight excluding hydrogens is 212 g/mol. The fraction of sp³-hybridized carbons (Fsp3) is 0.222. The first-order valence-corrected chi connectivity index (χ1v) is 4.32. The Morgan fingerprint density at radius 2 is 2.19 bits per heavy atom. The molecule has 1 aromatic rings. The van der Waals surface area contributed by atoms with E-state index in [4.69, 9.17) is 5.53 Å². The Kier molecular flexibility index (Phi) is 3.22. The molecule has 0 spiro atoms. The van der Waals surface area contributed by atoms with Crippen LogP contribution in [0.5, 0.6) is 0 Å². The van der Waals surface area contributed by atoms with Crippen LogP contribution < -0.4 is 0 Å². The second-order valence-corrected chi connectivity index (χ2v) is 3.18. The Morgan fingerprint density at radius 1 is 1.56 bits per heavy atom. The van der Waals surface area contributed by atoms with Crippen LogP contribution in [-0.2, 0) is 0 Å². The van der Waals surface area contributed by atoms with Crippen LogP contribution in [0.15, 0.2) is 17.2 Å². The average Bonchev–Trinajstić information content (AvgIpc) is 2.19. The number of Topliss-reactive ketones (excluding diaryl/α,β-unsaturated/α-hetero) is 1. The molecule has 1 rings (SSSR count). The largest absolute Gasteiger partial charge is 0.294 e. The van der Waals surface area contributed by atoms with Gasteiger partial charge < -0.3 is 0 Å². The summed E-state index contributed by atoms with van der Waals surface area (Å²) in [6, 6.07) is 2.72. The van der Waals surface area contributed by atoms with Gasteiger partial charge in [-0.15, -0.1) is 0 Å². The fourth-order valence-corrected chi connectivity index (χ4v) is 1.32. The topological polar surface area (TPSA) is 109 Å². The predicted octanol–water partition coefficient (Wildman–Crippen LogP) is 3.05. The summed E-state index contributed by atoms with van der Waals surface area (Å²) in [5, 5.41) is 13.9. The molecule has 0 aliphatic heterocycles. The molecule has 0 aromatic heterocycles. The number of nitrogens with zero attached hydrogens (tertiary/aromatic N) is 4. The lowest BCUT2D eigenvalue weighted by Crippen LogP contribution is -1.98. The van der Waals surface area contributed by atoms with Gasteiger partial charge in [0.2, 0.25) is 0 Å². The lowest BCUT2D eigenvalue weighted by Gasteiger charge is -2.04. The summed E-state index contributed by atoms with van der Waals surface area (Å²) in [6.07, 6.45) is 0. The van der Waals surface area contributed by atoms with Gasteiger partial charge in [-0.05, 0) is 31.0 Å². The average molecular weight is 220 g/mol. The molecule has 82 valence electrons. The maximum atomic E-state index is 11.3. The van der Waals surface area contributed by atoms with Gasteiger partial charge in [0.25, 0.3) is 5.69 Å². The van der Waals surface area contributed by atoms with Gasteiger partial charge in [0.15, 0.2) is 5.78 Å². The molecule has 0 radical (unpaired) electrons. The van der Waals surface area contributed by atoms with Crippen LogP contribution in [0, 0.1) is 17.0 Å². The molecule has 0 saturated heterocycles. The minimum absolute atomic E-state index is 0.0597. The zero-order valence-electron chi connectivity index (χ0n) is 8.67. The highest BCUT2D eigenvalue weighted by molar-refractivity contribution is 6.01. The van der Waals surface area contributed by atoms with Crippen molar-refractivity contribution in [2.24, 2.45) is 5.11 Å². The Balaban J connectivity index is 3.66. The van der Waals surface area contributed by atoms with Crippen molar-refractivity contribution in [2.45, 2.75) is 13.8 Å². The van der Waals surface area contributed by atoms with E-state index in [2.05, 4.69) is 10.0 Å². The normalized spacial score (nSPS) is 9.38. The van der Waals surface area contributed by atoms with Crippen molar-refractivity contribution in [1.82, 2.24) is 0 Å². The van der Waals surface area contributed by atoms with E-state index < -0.39 is 4.92 Å². The zero-order chi connectivity index (χ0) is 12.3. The first-order valence-electron chi connectivity index (χ1n) is 4.32. The summed E-state index contributed by atoms with van der Waals surface area (Å²) in [6.45, 7) is 2.88. The zero-order valence-corrected chi connectivity index (χ0v) is 8.67. The second kappa shape index (κ2) is 4.41. The van der Waals surface area contributed by atoms with Gasteiger partial charge >= 0.3 is 0 Å². The van der Waals surface area contributed by atoms with Crippen LogP contribution in [0.4, 0.5) is 11.4 Å². The highest BCUT2D eigenvalue weighted by atomic mass is 16.6. The van der Waals surface area contributed by atoms with Crippen molar-refractivity contribution in [3.05, 3.63) is 43.8 Å². The van der Waals surface area contributed by atoms with E-state index in [1.54, 1.807) is 6.92 Å². The number of azide groups is 1. The fourth-order valence-electron chi connectivity index (χ4n) is 1.32. The van der Waals surface area contributed by atoms with Crippen molar-refractivity contribution < 1.29 is 9.72 Å². The molecule has 0 N–H and O–H groups in total. The Labute approximate surface area is 90.5 Å². The summed E-state index contributed by atoms with van der Waals surface area (Å²) in [4.78, 5) is 23.8. The molecule has 0 saturated carbocycles. The number of ketones is 1. The third-order valence-electron chi connectivity index (χ3n) is 1.95. The smallest absolute Gasteiger partial charge is 0.280 e. The maximum absolute atomic E-state index is 11.3. The standard InChI is InChI=1S/C9H8N4O3/c1-5-3-7(6(2)14)9(11-12-10)8(4-5)13(15)16/h3-4H,1-2H3. The van der Waals surface area contributed by atoms with Gasteiger partial charge in [-0.3, -0.25) is 14.9 Å². The number of nitro benzene ring substituents is 1. The van der Waals surface area contributed by atoms with E-state index >= 15 is 0 Å². The van der Waals surface area contributed by atoms with Crippen LogP contribution >= 0.6 is 0 Å². The molecule has 7 heteroatoms. The molecule has 0 aliphatic carbocycles. The van der Waals surface area contributed by atoms with Crippen molar-refractivity contribution in [3.8, 4) is 0 Å². The molecule has 0 unspecified atom stereocenters. The number of nitro groups is 1. The lowest BCUT2D eigenvalue weighted by molar-refractivity contribution is -0.384. The third-order valence-corrected chi connectivity index (χ3v) is 1.95. The van der Waals surface area contributed by atoms with E-state index in [1.807, 2.05) is 0 Å². The molecule has 0 fully saturated rings. The lowest BCUT2D eigenvalue weighted by atomic mass is 10.0. The first-order chi connectivity index (χ1) is 7.47. The van der Waals surface area contributed by atoms with Crippen LogP contribution in [0.3, 0.4) is 0 Å². The molecular formula is C9H8N4O3. The van der Waals surface area contributed by atoms with Crippen molar-refractivity contribution in [3.63, 3.8) is 0 Å². The van der Waals surface area contributed by atoms with Crippen LogP contribution in [0.25, 0.3) is 10.4 Å². The molecule has 0 aliphatic rings. The minimum Gasteiger partial charge on any atom is -0.294 e. The van der Waals surface area contributed by atoms with Gasteiger partial charge in [0, 0.05) is 16.5 Å². The SMILES string of the molecule is CC(=O)c1cc(C)cc([N+](=O)[O-])c1N=[N+]=[N-]. The predicted molar refractivity (Wildman–Crippen MR) is 56.6 cm³/mol. The monoisotopic (exact) mass is 220 g/mol. The number of hydrogen-bond donors (Lipinski definition) is 0. The molecule has 0 atom stereocenters. The molecule has 1 aromatic carbocycles. The number of rotatable bonds is 3. The minimum atomic E-state index is -0.677. The number of hydrogen-bond acceptors (Lipinski definition) is 4. The number of carbonyl (C=O) groups is 1. The first kappa shape index (κ1) is 11.7. The number of carbonyl (C=O) groups excluding carboxylic acids is 1. The van der Waals surface area contributed by atoms with Crippen LogP contribution in [-0.4, -0.2) is 10.7 Å². The number of benzene rings is 1. The van der Waals surface area contributed by atoms with Gasteiger partial charge in [-0.1, -0.05) is 5.11 Å². The van der Waals surface area contributed by atoms with Crippen molar-refractivity contribution >= 4 is 17.2 Å². The number of aryl methyl sites for hydroxylation is 1. The van der Waals surface area contributed by atoms with Gasteiger partial charge in [-0.25, -0.2) is 0 Å². The van der Waals surface area contributed by atoms with Gasteiger partial charge in [0.1, 0.15) is 5.69 Å². The molecule has 0 bridgehead atoms. The van der Waals surface area contributed by atoms with Gasteiger partial charge in [-0.2, -0.15) is 0 Å². The Morgan fingerprint density at radius 3 is 2.62 bits per heavy atom. The summed E-state index contributed by atoms with van der Waals surface area (Å²) in [5.41, 5.74) is 8.36. The summed E-state index contributed by atoms with van der Waals surface area (Å²) in [5.74, 6) is -0.380. The van der Waals surface area contributed by atoms with Crippen molar-refractivity contribution in [1.29, 1.82) is 0 Å². The van der Waals surface area contributed by atoms with Crippen LogP contribution in [0.2, 0.25) is 0 Å². The second-order valence-electron chi connectivity index (χ2n) is 3.18. The van der Waals surface area contributed by atoms with Crippen molar-refractivity contribution in [2.75, 3.05) is 0 Å². The van der Waals surface area contributed by atoms with Gasteiger partial charge in [0.05, 0.1) is 4.92 Å². The van der Waals surface area contributed by atoms with E-state index in [0.717, 1.165) is 0 Å². The van der Waals surface area contributed by atoms with E-state index in [0.29, 0.717) is 5.56 Å². The quantitative estimate of drug-likeness (QED) is 0.195. The molecule has 0 amide bonds. The summed E-state index contributed by atoms with van der Waals surface area (Å²) < 4.78 is 0. The maximum Gasteiger partial charge on any atom is 0.280 e.